The molecular formula is C22H39IN4O. The summed E-state index contributed by atoms with van der Waals surface area (Å²) < 4.78 is 5.84. The summed E-state index contributed by atoms with van der Waals surface area (Å²) in [5.74, 6) is 1.34. The van der Waals surface area contributed by atoms with Crippen LogP contribution < -0.4 is 10.6 Å². The van der Waals surface area contributed by atoms with E-state index < -0.39 is 0 Å². The normalized spacial score (nSPS) is 17.0. The number of likely N-dealkylation sites (tertiary alicyclic amines) is 1. The number of piperidine rings is 1. The number of rotatable bonds is 10. The van der Waals surface area contributed by atoms with Gasteiger partial charge in [-0.25, -0.2) is 0 Å². The van der Waals surface area contributed by atoms with Crippen molar-refractivity contribution in [1.82, 2.24) is 15.5 Å². The molecule has 28 heavy (non-hydrogen) atoms. The van der Waals surface area contributed by atoms with Crippen LogP contribution in [0.25, 0.3) is 0 Å². The van der Waals surface area contributed by atoms with E-state index >= 15 is 0 Å². The van der Waals surface area contributed by atoms with Gasteiger partial charge in [0, 0.05) is 32.2 Å². The largest absolute Gasteiger partial charge is 0.376 e. The second kappa shape index (κ2) is 15.0. The average molecular weight is 502 g/mol. The Bertz CT molecular complexity index is 533. The van der Waals surface area contributed by atoms with Gasteiger partial charge in [0.05, 0.1) is 13.2 Å². The lowest BCUT2D eigenvalue weighted by Crippen LogP contribution is -2.48. The van der Waals surface area contributed by atoms with E-state index in [-0.39, 0.29) is 24.0 Å². The van der Waals surface area contributed by atoms with Gasteiger partial charge in [-0.3, -0.25) is 4.99 Å². The first-order valence-electron chi connectivity index (χ1n) is 10.6. The first kappa shape index (κ1) is 25.2. The highest BCUT2D eigenvalue weighted by Gasteiger charge is 2.19. The molecule has 1 saturated heterocycles. The molecule has 1 aromatic rings. The number of benzene rings is 1. The van der Waals surface area contributed by atoms with Crippen molar-refractivity contribution < 1.29 is 4.74 Å². The van der Waals surface area contributed by atoms with E-state index in [2.05, 4.69) is 48.4 Å². The Labute approximate surface area is 188 Å². The average Bonchev–Trinajstić information content (AvgIpc) is 2.69. The fraction of sp³-hybridized carbons (Fsp3) is 0.682. The maximum atomic E-state index is 5.84. The third-order valence-electron chi connectivity index (χ3n) is 4.89. The second-order valence-electron chi connectivity index (χ2n) is 7.59. The van der Waals surface area contributed by atoms with Gasteiger partial charge < -0.3 is 20.3 Å². The minimum Gasteiger partial charge on any atom is -0.376 e. The molecule has 2 rings (SSSR count). The van der Waals surface area contributed by atoms with Crippen molar-refractivity contribution in [3.63, 3.8) is 0 Å². The summed E-state index contributed by atoms with van der Waals surface area (Å²) in [7, 11) is 0. The van der Waals surface area contributed by atoms with E-state index in [1.165, 1.54) is 44.5 Å². The quantitative estimate of drug-likeness (QED) is 0.290. The van der Waals surface area contributed by atoms with Crippen LogP contribution in [0, 0.1) is 5.92 Å². The number of nitrogens with one attached hydrogen (secondary N) is 2. The van der Waals surface area contributed by atoms with Crippen LogP contribution in [0.2, 0.25) is 0 Å². The fourth-order valence-corrected chi connectivity index (χ4v) is 3.38. The standard InChI is InChI=1S/C22H38N4O.HI/c1-4-13-26-14-11-21(12-15-26)25-22(23-5-2)24-16-19(3)17-27-18-20-9-7-6-8-10-20;/h6-10,19,21H,4-5,11-18H2,1-3H3,(H2,23,24,25);1H. The molecule has 2 N–H and O–H groups in total. The number of halogens is 1. The van der Waals surface area contributed by atoms with Crippen molar-refractivity contribution in [3.8, 4) is 0 Å². The van der Waals surface area contributed by atoms with Crippen LogP contribution in [0.5, 0.6) is 0 Å². The summed E-state index contributed by atoms with van der Waals surface area (Å²) >= 11 is 0. The number of ether oxygens (including phenoxy) is 1. The van der Waals surface area contributed by atoms with Crippen molar-refractivity contribution in [2.75, 3.05) is 39.3 Å². The third kappa shape index (κ3) is 10.1. The second-order valence-corrected chi connectivity index (χ2v) is 7.59. The topological polar surface area (TPSA) is 48.9 Å². The van der Waals surface area contributed by atoms with Gasteiger partial charge in [0.15, 0.2) is 5.96 Å². The first-order chi connectivity index (χ1) is 13.2. The minimum absolute atomic E-state index is 0. The molecule has 1 fully saturated rings. The number of hydrogen-bond acceptors (Lipinski definition) is 3. The van der Waals surface area contributed by atoms with Gasteiger partial charge in [-0.15, -0.1) is 24.0 Å². The van der Waals surface area contributed by atoms with E-state index in [1.54, 1.807) is 0 Å². The predicted molar refractivity (Wildman–Crippen MR) is 130 cm³/mol. The van der Waals surface area contributed by atoms with Crippen LogP contribution >= 0.6 is 24.0 Å². The molecule has 1 aliphatic heterocycles. The molecule has 0 amide bonds. The molecule has 160 valence electrons. The van der Waals surface area contributed by atoms with E-state index in [4.69, 9.17) is 9.73 Å². The maximum Gasteiger partial charge on any atom is 0.191 e. The molecule has 0 saturated carbocycles. The molecule has 0 aromatic heterocycles. The number of hydrogen-bond donors (Lipinski definition) is 2. The van der Waals surface area contributed by atoms with Gasteiger partial charge in [-0.2, -0.15) is 0 Å². The first-order valence-corrected chi connectivity index (χ1v) is 10.6. The van der Waals surface area contributed by atoms with Crippen molar-refractivity contribution in [2.45, 2.75) is 52.7 Å². The Morgan fingerprint density at radius 1 is 1.21 bits per heavy atom. The predicted octanol–water partition coefficient (Wildman–Crippen LogP) is 3.89. The van der Waals surface area contributed by atoms with Gasteiger partial charge in [-0.05, 0) is 44.2 Å². The Balaban J connectivity index is 0.00000392. The van der Waals surface area contributed by atoms with Crippen molar-refractivity contribution in [2.24, 2.45) is 10.9 Å². The SMILES string of the molecule is CCCN1CCC(NC(=NCC(C)COCc2ccccc2)NCC)CC1.I. The highest BCUT2D eigenvalue weighted by molar-refractivity contribution is 14.0. The van der Waals surface area contributed by atoms with Crippen molar-refractivity contribution in [1.29, 1.82) is 0 Å². The van der Waals surface area contributed by atoms with Gasteiger partial charge in [0.25, 0.3) is 0 Å². The number of guanidine groups is 1. The summed E-state index contributed by atoms with van der Waals surface area (Å²) in [6, 6.07) is 10.9. The molecule has 0 spiro atoms. The Kier molecular flexibility index (Phi) is 13.5. The van der Waals surface area contributed by atoms with Crippen molar-refractivity contribution >= 4 is 29.9 Å². The summed E-state index contributed by atoms with van der Waals surface area (Å²) in [5.41, 5.74) is 1.22. The van der Waals surface area contributed by atoms with E-state index in [9.17, 15) is 0 Å². The Morgan fingerprint density at radius 3 is 2.57 bits per heavy atom. The zero-order chi connectivity index (χ0) is 19.3. The van der Waals surface area contributed by atoms with Crippen LogP contribution in [-0.4, -0.2) is 56.2 Å². The molecule has 0 aliphatic carbocycles. The molecule has 6 heteroatoms. The monoisotopic (exact) mass is 502 g/mol. The summed E-state index contributed by atoms with van der Waals surface area (Å²) in [5, 5.41) is 7.02. The maximum absolute atomic E-state index is 5.84. The zero-order valence-corrected chi connectivity index (χ0v) is 20.2. The lowest BCUT2D eigenvalue weighted by atomic mass is 10.1. The molecule has 1 unspecified atom stereocenters. The number of nitrogens with zero attached hydrogens (tertiary/aromatic N) is 2. The lowest BCUT2D eigenvalue weighted by molar-refractivity contribution is 0.0944. The molecule has 1 aromatic carbocycles. The minimum atomic E-state index is 0. The van der Waals surface area contributed by atoms with Gasteiger partial charge in [0.1, 0.15) is 0 Å². The lowest BCUT2D eigenvalue weighted by Gasteiger charge is -2.32. The fourth-order valence-electron chi connectivity index (χ4n) is 3.38. The van der Waals surface area contributed by atoms with Crippen LogP contribution in [-0.2, 0) is 11.3 Å². The van der Waals surface area contributed by atoms with Crippen LogP contribution in [0.15, 0.2) is 35.3 Å². The van der Waals surface area contributed by atoms with Gasteiger partial charge in [0.2, 0.25) is 0 Å². The Hall–Kier alpha value is -0.860. The molecule has 1 atom stereocenters. The highest BCUT2D eigenvalue weighted by Crippen LogP contribution is 2.10. The van der Waals surface area contributed by atoms with Gasteiger partial charge >= 0.3 is 0 Å². The van der Waals surface area contributed by atoms with E-state index in [0.29, 0.717) is 18.6 Å². The third-order valence-corrected chi connectivity index (χ3v) is 4.89. The van der Waals surface area contributed by atoms with Crippen molar-refractivity contribution in [3.05, 3.63) is 35.9 Å². The molecule has 1 aliphatic rings. The molecule has 5 nitrogen and oxygen atoms in total. The van der Waals surface area contributed by atoms with Crippen LogP contribution in [0.1, 0.15) is 45.6 Å². The smallest absolute Gasteiger partial charge is 0.191 e. The van der Waals surface area contributed by atoms with E-state index in [1.807, 2.05) is 18.2 Å². The zero-order valence-electron chi connectivity index (χ0n) is 17.8. The highest BCUT2D eigenvalue weighted by atomic mass is 127. The number of aliphatic imine (C=N–C) groups is 1. The molecule has 1 heterocycles. The summed E-state index contributed by atoms with van der Waals surface area (Å²) in [4.78, 5) is 7.35. The molecule has 0 radical (unpaired) electrons. The molecule has 0 bridgehead atoms. The summed E-state index contributed by atoms with van der Waals surface area (Å²) in [6.07, 6.45) is 3.63. The van der Waals surface area contributed by atoms with Gasteiger partial charge in [-0.1, -0.05) is 44.2 Å². The van der Waals surface area contributed by atoms with Crippen LogP contribution in [0.4, 0.5) is 0 Å². The van der Waals surface area contributed by atoms with E-state index in [0.717, 1.165) is 25.7 Å². The Morgan fingerprint density at radius 2 is 1.93 bits per heavy atom. The summed E-state index contributed by atoms with van der Waals surface area (Å²) in [6.45, 7) is 13.2. The van der Waals surface area contributed by atoms with Crippen LogP contribution in [0.3, 0.4) is 0 Å². The molecular weight excluding hydrogens is 463 g/mol.